The van der Waals surface area contributed by atoms with Gasteiger partial charge in [0.2, 0.25) is 17.0 Å². The lowest BCUT2D eigenvalue weighted by atomic mass is 10.1. The fourth-order valence-corrected chi connectivity index (χ4v) is 1.90. The standard InChI is InChI=1S/C15H12N2O5/c1-8-5-9(3-4-10(8)18)14-16-15(22-17-14)12-6-11(19)13(20-2)7-21-12/h3-7,18H,1-2H3. The molecule has 3 aromatic rings. The molecule has 112 valence electrons. The summed E-state index contributed by atoms with van der Waals surface area (Å²) in [6.07, 6.45) is 1.19. The number of aromatic nitrogens is 2. The third kappa shape index (κ3) is 2.44. The van der Waals surface area contributed by atoms with Crippen molar-refractivity contribution >= 4 is 0 Å². The van der Waals surface area contributed by atoms with E-state index in [2.05, 4.69) is 10.1 Å². The van der Waals surface area contributed by atoms with Gasteiger partial charge >= 0.3 is 0 Å². The first-order valence-corrected chi connectivity index (χ1v) is 6.39. The van der Waals surface area contributed by atoms with Crippen molar-refractivity contribution in [3.63, 3.8) is 0 Å². The quantitative estimate of drug-likeness (QED) is 0.792. The van der Waals surface area contributed by atoms with E-state index in [0.29, 0.717) is 17.0 Å². The predicted octanol–water partition coefficient (Wildman–Crippen LogP) is 2.38. The highest BCUT2D eigenvalue weighted by molar-refractivity contribution is 5.60. The highest BCUT2D eigenvalue weighted by atomic mass is 16.5. The number of ether oxygens (including phenoxy) is 1. The summed E-state index contributed by atoms with van der Waals surface area (Å²) < 4.78 is 15.2. The Morgan fingerprint density at radius 1 is 1.27 bits per heavy atom. The van der Waals surface area contributed by atoms with Gasteiger partial charge in [0, 0.05) is 11.6 Å². The maximum Gasteiger partial charge on any atom is 0.294 e. The highest BCUT2D eigenvalue weighted by Crippen LogP contribution is 2.25. The molecule has 0 radical (unpaired) electrons. The van der Waals surface area contributed by atoms with Crippen LogP contribution in [0.25, 0.3) is 23.0 Å². The molecular weight excluding hydrogens is 288 g/mol. The molecular formula is C15H12N2O5. The minimum absolute atomic E-state index is 0.0838. The van der Waals surface area contributed by atoms with Gasteiger partial charge in [0.05, 0.1) is 7.11 Å². The number of phenols is 1. The number of hydrogen-bond donors (Lipinski definition) is 1. The summed E-state index contributed by atoms with van der Waals surface area (Å²) in [5.74, 6) is 0.850. The Balaban J connectivity index is 1.98. The van der Waals surface area contributed by atoms with E-state index in [4.69, 9.17) is 13.7 Å². The number of aryl methyl sites for hydroxylation is 1. The summed E-state index contributed by atoms with van der Waals surface area (Å²) in [4.78, 5) is 15.9. The van der Waals surface area contributed by atoms with Gasteiger partial charge in [0.1, 0.15) is 12.0 Å². The molecule has 0 saturated heterocycles. The Morgan fingerprint density at radius 2 is 2.09 bits per heavy atom. The number of phenolic OH excluding ortho intramolecular Hbond substituents is 1. The molecule has 2 aromatic heterocycles. The van der Waals surface area contributed by atoms with Crippen LogP contribution in [0.1, 0.15) is 5.56 Å². The van der Waals surface area contributed by atoms with Crippen LogP contribution < -0.4 is 10.2 Å². The lowest BCUT2D eigenvalue weighted by molar-refractivity contribution is 0.380. The normalized spacial score (nSPS) is 10.6. The van der Waals surface area contributed by atoms with Crippen LogP contribution in [0.5, 0.6) is 11.5 Å². The molecule has 0 amide bonds. The van der Waals surface area contributed by atoms with E-state index in [-0.39, 0.29) is 28.6 Å². The van der Waals surface area contributed by atoms with E-state index in [1.165, 1.54) is 19.4 Å². The van der Waals surface area contributed by atoms with Gasteiger partial charge in [0.15, 0.2) is 5.76 Å². The molecule has 0 fully saturated rings. The van der Waals surface area contributed by atoms with Crippen molar-refractivity contribution in [2.24, 2.45) is 0 Å². The fourth-order valence-electron chi connectivity index (χ4n) is 1.90. The van der Waals surface area contributed by atoms with E-state index in [1.54, 1.807) is 25.1 Å². The minimum atomic E-state index is -0.344. The summed E-state index contributed by atoms with van der Waals surface area (Å²) in [7, 11) is 1.38. The van der Waals surface area contributed by atoms with Crippen molar-refractivity contribution in [2.75, 3.05) is 7.11 Å². The predicted molar refractivity (Wildman–Crippen MR) is 76.7 cm³/mol. The molecule has 0 unspecified atom stereocenters. The Hall–Kier alpha value is -3.09. The number of hydrogen-bond acceptors (Lipinski definition) is 7. The van der Waals surface area contributed by atoms with Crippen molar-refractivity contribution in [1.29, 1.82) is 0 Å². The second-order valence-corrected chi connectivity index (χ2v) is 4.60. The first kappa shape index (κ1) is 13.9. The number of nitrogens with zero attached hydrogens (tertiary/aromatic N) is 2. The number of benzene rings is 1. The zero-order chi connectivity index (χ0) is 15.7. The number of methoxy groups -OCH3 is 1. The van der Waals surface area contributed by atoms with Crippen LogP contribution in [0.4, 0.5) is 0 Å². The van der Waals surface area contributed by atoms with E-state index < -0.39 is 0 Å². The summed E-state index contributed by atoms with van der Waals surface area (Å²) in [5, 5.41) is 13.4. The van der Waals surface area contributed by atoms with Crippen LogP contribution in [-0.2, 0) is 0 Å². The molecule has 0 aliphatic heterocycles. The zero-order valence-electron chi connectivity index (χ0n) is 11.9. The highest BCUT2D eigenvalue weighted by Gasteiger charge is 2.15. The van der Waals surface area contributed by atoms with E-state index in [1.807, 2.05) is 0 Å². The molecule has 0 saturated carbocycles. The van der Waals surface area contributed by atoms with Crippen LogP contribution in [0.15, 0.2) is 44.3 Å². The van der Waals surface area contributed by atoms with Crippen LogP contribution in [0, 0.1) is 6.92 Å². The monoisotopic (exact) mass is 300 g/mol. The van der Waals surface area contributed by atoms with Crippen LogP contribution in [-0.4, -0.2) is 22.4 Å². The molecule has 1 aromatic carbocycles. The maximum absolute atomic E-state index is 11.7. The van der Waals surface area contributed by atoms with Crippen molar-refractivity contribution in [2.45, 2.75) is 6.92 Å². The average molecular weight is 300 g/mol. The van der Waals surface area contributed by atoms with E-state index in [0.717, 1.165) is 0 Å². The van der Waals surface area contributed by atoms with Crippen molar-refractivity contribution in [3.05, 3.63) is 46.3 Å². The smallest absolute Gasteiger partial charge is 0.294 e. The van der Waals surface area contributed by atoms with Gasteiger partial charge in [-0.2, -0.15) is 4.98 Å². The summed E-state index contributed by atoms with van der Waals surface area (Å²) in [5.41, 5.74) is 1.03. The third-order valence-electron chi connectivity index (χ3n) is 3.11. The second-order valence-electron chi connectivity index (χ2n) is 4.60. The summed E-state index contributed by atoms with van der Waals surface area (Å²) in [6.45, 7) is 1.77. The van der Waals surface area contributed by atoms with Gasteiger partial charge in [-0.3, -0.25) is 4.79 Å². The second kappa shape index (κ2) is 5.36. The van der Waals surface area contributed by atoms with Crippen molar-refractivity contribution in [3.8, 4) is 34.5 Å². The zero-order valence-corrected chi connectivity index (χ0v) is 11.9. The summed E-state index contributed by atoms with van der Waals surface area (Å²) in [6, 6.07) is 6.17. The molecule has 0 aliphatic carbocycles. The molecule has 0 aliphatic rings. The Morgan fingerprint density at radius 3 is 2.77 bits per heavy atom. The van der Waals surface area contributed by atoms with Crippen molar-refractivity contribution < 1.29 is 18.8 Å². The van der Waals surface area contributed by atoms with Gasteiger partial charge in [-0.15, -0.1) is 0 Å². The Kier molecular flexibility index (Phi) is 3.38. The van der Waals surface area contributed by atoms with E-state index in [9.17, 15) is 9.90 Å². The SMILES string of the molecule is COc1coc(-c2nc(-c3ccc(O)c(C)c3)no2)cc1=O. The Labute approximate surface area is 124 Å². The average Bonchev–Trinajstić information content (AvgIpc) is 3.00. The molecule has 7 heteroatoms. The largest absolute Gasteiger partial charge is 0.508 e. The van der Waals surface area contributed by atoms with Gasteiger partial charge in [-0.25, -0.2) is 0 Å². The van der Waals surface area contributed by atoms with Gasteiger partial charge in [0.25, 0.3) is 5.89 Å². The van der Waals surface area contributed by atoms with Crippen LogP contribution >= 0.6 is 0 Å². The lowest BCUT2D eigenvalue weighted by Gasteiger charge is -1.99. The number of rotatable bonds is 3. The minimum Gasteiger partial charge on any atom is -0.508 e. The third-order valence-corrected chi connectivity index (χ3v) is 3.11. The first-order valence-electron chi connectivity index (χ1n) is 6.39. The van der Waals surface area contributed by atoms with Gasteiger partial charge in [-0.05, 0) is 30.7 Å². The van der Waals surface area contributed by atoms with Gasteiger partial charge < -0.3 is 18.8 Å². The molecule has 1 N–H and O–H groups in total. The van der Waals surface area contributed by atoms with Gasteiger partial charge in [-0.1, -0.05) is 5.16 Å². The summed E-state index contributed by atoms with van der Waals surface area (Å²) >= 11 is 0. The van der Waals surface area contributed by atoms with Crippen molar-refractivity contribution in [1.82, 2.24) is 10.1 Å². The molecule has 7 nitrogen and oxygen atoms in total. The lowest BCUT2D eigenvalue weighted by Crippen LogP contribution is -2.03. The number of aromatic hydroxyl groups is 1. The first-order chi connectivity index (χ1) is 10.6. The van der Waals surface area contributed by atoms with Crippen LogP contribution in [0.2, 0.25) is 0 Å². The molecule has 3 rings (SSSR count). The topological polar surface area (TPSA) is 98.6 Å². The molecule has 0 atom stereocenters. The Bertz CT molecular complexity index is 882. The van der Waals surface area contributed by atoms with E-state index >= 15 is 0 Å². The molecule has 0 bridgehead atoms. The maximum atomic E-state index is 11.7. The fraction of sp³-hybridized carbons (Fsp3) is 0.133. The molecule has 22 heavy (non-hydrogen) atoms. The molecule has 0 spiro atoms. The molecule has 2 heterocycles. The van der Waals surface area contributed by atoms with Crippen LogP contribution in [0.3, 0.4) is 0 Å².